The van der Waals surface area contributed by atoms with Crippen molar-refractivity contribution in [2.45, 2.75) is 31.9 Å². The minimum absolute atomic E-state index is 0.134. The Kier molecular flexibility index (Phi) is 4.98. The summed E-state index contributed by atoms with van der Waals surface area (Å²) >= 11 is 0. The molecule has 2 aromatic rings. The van der Waals surface area contributed by atoms with Crippen LogP contribution >= 0.6 is 0 Å². The molecule has 8 nitrogen and oxygen atoms in total. The fraction of sp³-hybridized carbons (Fsp3) is 0.529. The van der Waals surface area contributed by atoms with Crippen molar-refractivity contribution in [3.8, 4) is 0 Å². The van der Waals surface area contributed by atoms with E-state index in [0.29, 0.717) is 25.1 Å². The second-order valence-electron chi connectivity index (χ2n) is 6.56. The van der Waals surface area contributed by atoms with Gasteiger partial charge in [0, 0.05) is 45.3 Å². The summed E-state index contributed by atoms with van der Waals surface area (Å²) < 4.78 is 1.71. The number of amides is 1. The van der Waals surface area contributed by atoms with Crippen molar-refractivity contribution in [1.82, 2.24) is 24.6 Å². The van der Waals surface area contributed by atoms with Crippen molar-refractivity contribution in [2.75, 3.05) is 31.6 Å². The van der Waals surface area contributed by atoms with E-state index in [9.17, 15) is 9.90 Å². The van der Waals surface area contributed by atoms with Crippen LogP contribution in [0.4, 0.5) is 5.82 Å². The summed E-state index contributed by atoms with van der Waals surface area (Å²) in [5, 5.41) is 15.2. The Hall–Kier alpha value is -2.48. The number of β-amino-alcohol motifs (C(OH)–C–C–N with tert-alkyl or cyclic N) is 1. The predicted molar refractivity (Wildman–Crippen MR) is 93.3 cm³/mol. The standard InChI is InChI=1S/C17H24N6O2/c1-3-23-11-14(9-20-23)16(24)21(2)12-17(25)5-4-8-22(13-17)15-10-18-6-7-19-15/h6-7,9-11,25H,3-5,8,12-13H2,1-2H3. The molecular formula is C17H24N6O2. The fourth-order valence-electron chi connectivity index (χ4n) is 3.27. The Morgan fingerprint density at radius 1 is 1.40 bits per heavy atom. The highest BCUT2D eigenvalue weighted by Gasteiger charge is 2.36. The minimum atomic E-state index is -0.971. The Balaban J connectivity index is 1.66. The van der Waals surface area contributed by atoms with Crippen molar-refractivity contribution in [1.29, 1.82) is 0 Å². The average Bonchev–Trinajstić information content (AvgIpc) is 3.10. The van der Waals surface area contributed by atoms with E-state index in [-0.39, 0.29) is 12.5 Å². The molecule has 1 unspecified atom stereocenters. The summed E-state index contributed by atoms with van der Waals surface area (Å²) in [6, 6.07) is 0. The van der Waals surface area contributed by atoms with Crippen molar-refractivity contribution < 1.29 is 9.90 Å². The number of carbonyl (C=O) groups excluding carboxylic acids is 1. The lowest BCUT2D eigenvalue weighted by atomic mass is 9.92. The van der Waals surface area contributed by atoms with Gasteiger partial charge in [-0.2, -0.15) is 5.10 Å². The van der Waals surface area contributed by atoms with Crippen molar-refractivity contribution in [2.24, 2.45) is 0 Å². The zero-order chi connectivity index (χ0) is 17.9. The second-order valence-corrected chi connectivity index (χ2v) is 6.56. The highest BCUT2D eigenvalue weighted by atomic mass is 16.3. The van der Waals surface area contributed by atoms with E-state index in [1.54, 1.807) is 47.6 Å². The summed E-state index contributed by atoms with van der Waals surface area (Å²) in [6.07, 6.45) is 9.75. The molecule has 3 heterocycles. The number of hydrogen-bond donors (Lipinski definition) is 1. The Morgan fingerprint density at radius 3 is 2.92 bits per heavy atom. The van der Waals surface area contributed by atoms with Crippen LogP contribution in [0.1, 0.15) is 30.1 Å². The normalized spacial score (nSPS) is 20.5. The molecule has 1 aliphatic heterocycles. The number of hydrogen-bond acceptors (Lipinski definition) is 6. The lowest BCUT2D eigenvalue weighted by Crippen LogP contribution is -2.54. The van der Waals surface area contributed by atoms with E-state index < -0.39 is 5.60 Å². The third kappa shape index (κ3) is 3.96. The molecule has 0 aliphatic carbocycles. The number of aryl methyl sites for hydroxylation is 1. The van der Waals surface area contributed by atoms with Crippen LogP contribution in [0, 0.1) is 0 Å². The van der Waals surface area contributed by atoms with Crippen LogP contribution in [0.5, 0.6) is 0 Å². The number of carbonyl (C=O) groups is 1. The van der Waals surface area contributed by atoms with Gasteiger partial charge in [0.05, 0.1) is 30.1 Å². The third-order valence-corrected chi connectivity index (χ3v) is 4.51. The zero-order valence-electron chi connectivity index (χ0n) is 14.7. The maximum Gasteiger partial charge on any atom is 0.256 e. The smallest absolute Gasteiger partial charge is 0.256 e. The zero-order valence-corrected chi connectivity index (χ0v) is 14.7. The molecular weight excluding hydrogens is 320 g/mol. The molecule has 1 N–H and O–H groups in total. The molecule has 0 radical (unpaired) electrons. The summed E-state index contributed by atoms with van der Waals surface area (Å²) in [6.45, 7) is 4.20. The molecule has 0 aromatic carbocycles. The van der Waals surface area contributed by atoms with Gasteiger partial charge in [-0.25, -0.2) is 4.98 Å². The van der Waals surface area contributed by atoms with Crippen molar-refractivity contribution in [3.63, 3.8) is 0 Å². The Morgan fingerprint density at radius 2 is 2.24 bits per heavy atom. The molecule has 25 heavy (non-hydrogen) atoms. The van der Waals surface area contributed by atoms with Gasteiger partial charge in [-0.1, -0.05) is 0 Å². The molecule has 1 saturated heterocycles. The molecule has 1 fully saturated rings. The van der Waals surface area contributed by atoms with Crippen LogP contribution in [0.15, 0.2) is 31.0 Å². The quantitative estimate of drug-likeness (QED) is 0.863. The first-order valence-electron chi connectivity index (χ1n) is 8.52. The molecule has 8 heteroatoms. The molecule has 1 atom stereocenters. The highest BCUT2D eigenvalue weighted by Crippen LogP contribution is 2.25. The summed E-state index contributed by atoms with van der Waals surface area (Å²) in [5.74, 6) is 0.614. The lowest BCUT2D eigenvalue weighted by Gasteiger charge is -2.41. The van der Waals surface area contributed by atoms with E-state index in [1.807, 2.05) is 11.8 Å². The van der Waals surface area contributed by atoms with Crippen LogP contribution in [0.25, 0.3) is 0 Å². The monoisotopic (exact) mass is 344 g/mol. The maximum atomic E-state index is 12.6. The summed E-state index contributed by atoms with van der Waals surface area (Å²) in [5.41, 5.74) is -0.435. The number of aromatic nitrogens is 4. The first kappa shape index (κ1) is 17.3. The average molecular weight is 344 g/mol. The summed E-state index contributed by atoms with van der Waals surface area (Å²) in [4.78, 5) is 24.5. The van der Waals surface area contributed by atoms with Gasteiger partial charge < -0.3 is 14.9 Å². The molecule has 3 rings (SSSR count). The lowest BCUT2D eigenvalue weighted by molar-refractivity contribution is -0.000148. The number of rotatable bonds is 5. The van der Waals surface area contributed by atoms with Crippen LogP contribution in [0.3, 0.4) is 0 Å². The van der Waals surface area contributed by atoms with Crippen LogP contribution < -0.4 is 4.90 Å². The van der Waals surface area contributed by atoms with Gasteiger partial charge in [-0.3, -0.25) is 14.5 Å². The van der Waals surface area contributed by atoms with Gasteiger partial charge in [0.25, 0.3) is 5.91 Å². The van der Waals surface area contributed by atoms with E-state index in [0.717, 1.165) is 18.8 Å². The molecule has 0 bridgehead atoms. The summed E-state index contributed by atoms with van der Waals surface area (Å²) in [7, 11) is 1.71. The van der Waals surface area contributed by atoms with Crippen molar-refractivity contribution in [3.05, 3.63) is 36.5 Å². The first-order chi connectivity index (χ1) is 12.0. The second kappa shape index (κ2) is 7.18. The molecule has 1 amide bonds. The minimum Gasteiger partial charge on any atom is -0.386 e. The highest BCUT2D eigenvalue weighted by molar-refractivity contribution is 5.93. The van der Waals surface area contributed by atoms with Crippen LogP contribution in [0.2, 0.25) is 0 Å². The van der Waals surface area contributed by atoms with Crippen molar-refractivity contribution >= 4 is 11.7 Å². The first-order valence-corrected chi connectivity index (χ1v) is 8.52. The van der Waals surface area contributed by atoms with Gasteiger partial charge >= 0.3 is 0 Å². The van der Waals surface area contributed by atoms with Gasteiger partial charge in [0.15, 0.2) is 0 Å². The van der Waals surface area contributed by atoms with E-state index in [2.05, 4.69) is 15.1 Å². The number of nitrogens with zero attached hydrogens (tertiary/aromatic N) is 6. The van der Waals surface area contributed by atoms with E-state index >= 15 is 0 Å². The van der Waals surface area contributed by atoms with E-state index in [1.165, 1.54) is 0 Å². The van der Waals surface area contributed by atoms with E-state index in [4.69, 9.17) is 0 Å². The largest absolute Gasteiger partial charge is 0.386 e. The molecule has 1 aliphatic rings. The molecule has 134 valence electrons. The number of likely N-dealkylation sites (N-methyl/N-ethyl adjacent to an activating group) is 1. The third-order valence-electron chi connectivity index (χ3n) is 4.51. The SMILES string of the molecule is CCn1cc(C(=O)N(C)CC2(O)CCCN(c3cnccn3)C2)cn1. The Labute approximate surface area is 147 Å². The predicted octanol–water partition coefficient (Wildman–Crippen LogP) is 0.796. The Bertz CT molecular complexity index is 719. The number of anilines is 1. The molecule has 2 aromatic heterocycles. The van der Waals surface area contributed by atoms with Gasteiger partial charge in [0.1, 0.15) is 5.82 Å². The number of piperidine rings is 1. The van der Waals surface area contributed by atoms with Crippen LogP contribution in [-0.2, 0) is 6.54 Å². The topological polar surface area (TPSA) is 87.4 Å². The fourth-order valence-corrected chi connectivity index (χ4v) is 3.27. The van der Waals surface area contributed by atoms with Gasteiger partial charge in [-0.15, -0.1) is 0 Å². The maximum absolute atomic E-state index is 12.6. The van der Waals surface area contributed by atoms with Gasteiger partial charge in [0.2, 0.25) is 0 Å². The number of aliphatic hydroxyl groups is 1. The van der Waals surface area contributed by atoms with Crippen LogP contribution in [-0.4, -0.2) is 67.9 Å². The molecule has 0 spiro atoms. The van der Waals surface area contributed by atoms with Gasteiger partial charge in [-0.05, 0) is 19.8 Å². The molecule has 0 saturated carbocycles.